The zero-order valence-corrected chi connectivity index (χ0v) is 24.5. The zero-order valence-electron chi connectivity index (χ0n) is 21.2. The first-order valence-electron chi connectivity index (χ1n) is 10.8. The topological polar surface area (TPSA) is 296 Å². The third kappa shape index (κ3) is 7.22. The van der Waals surface area contributed by atoms with Gasteiger partial charge in [-0.05, 0) is 23.6 Å². The van der Waals surface area contributed by atoms with Gasteiger partial charge in [0.2, 0.25) is 0 Å². The van der Waals surface area contributed by atoms with E-state index >= 15 is 0 Å². The highest BCUT2D eigenvalue weighted by Crippen LogP contribution is 2.45. The van der Waals surface area contributed by atoms with Crippen molar-refractivity contribution in [2.45, 2.75) is 14.7 Å². The second kappa shape index (κ2) is 11.6. The molecule has 0 atom stereocenters. The number of azo groups is 1. The van der Waals surface area contributed by atoms with Crippen LogP contribution in [0.2, 0.25) is 0 Å². The Morgan fingerprint density at radius 1 is 0.786 bits per heavy atom. The lowest BCUT2D eigenvalue weighted by Gasteiger charge is -2.14. The number of aromatic hydroxyl groups is 1. The van der Waals surface area contributed by atoms with E-state index in [9.17, 15) is 47.9 Å². The van der Waals surface area contributed by atoms with Crippen LogP contribution in [0.5, 0.6) is 17.2 Å². The van der Waals surface area contributed by atoms with Crippen LogP contribution in [0.3, 0.4) is 0 Å². The number of rotatable bonds is 11. The number of hydrogen-bond acceptors (Lipinski definition) is 15. The molecule has 0 heterocycles. The van der Waals surface area contributed by atoms with Crippen molar-refractivity contribution in [3.8, 4) is 17.2 Å². The van der Waals surface area contributed by atoms with Crippen LogP contribution in [-0.4, -0.2) is 79.0 Å². The van der Waals surface area contributed by atoms with Crippen molar-refractivity contribution in [1.29, 1.82) is 0 Å². The molecule has 0 aliphatic heterocycles. The summed E-state index contributed by atoms with van der Waals surface area (Å²) in [5.41, 5.74) is 4.23. The van der Waals surface area contributed by atoms with Crippen molar-refractivity contribution in [1.82, 2.24) is 0 Å². The number of phenolic OH excluding ortho intramolecular Hbond substituents is 1. The van der Waals surface area contributed by atoms with Gasteiger partial charge in [-0.3, -0.25) is 13.7 Å². The van der Waals surface area contributed by atoms with Crippen molar-refractivity contribution >= 4 is 68.3 Å². The number of methoxy groups -OCH3 is 2. The molecule has 0 bridgehead atoms. The highest BCUT2D eigenvalue weighted by atomic mass is 32.3. The van der Waals surface area contributed by atoms with E-state index in [2.05, 4.69) is 14.4 Å². The minimum atomic E-state index is -5.16. The number of nitrogens with two attached hydrogens (primary N) is 1. The van der Waals surface area contributed by atoms with Gasteiger partial charge in [0.25, 0.3) is 20.2 Å². The van der Waals surface area contributed by atoms with Crippen molar-refractivity contribution in [2.24, 2.45) is 10.2 Å². The molecule has 0 aliphatic rings. The average molecular weight is 672 g/mol. The van der Waals surface area contributed by atoms with Crippen LogP contribution in [0.1, 0.15) is 0 Å². The minimum absolute atomic E-state index is 0.292. The Morgan fingerprint density at radius 2 is 1.40 bits per heavy atom. The van der Waals surface area contributed by atoms with Gasteiger partial charge in [-0.1, -0.05) is 0 Å². The molecule has 3 aromatic rings. The molecule has 230 valence electrons. The van der Waals surface area contributed by atoms with Gasteiger partial charge in [-0.2, -0.15) is 25.3 Å². The van der Waals surface area contributed by atoms with Crippen LogP contribution < -0.4 is 15.2 Å². The number of fused-ring (bicyclic) bond motifs is 1. The Labute approximate surface area is 238 Å². The largest absolute Gasteiger partial charge is 0.505 e. The fourth-order valence-electron chi connectivity index (χ4n) is 3.57. The smallest absolute Gasteiger partial charge is 0.397 e. The summed E-state index contributed by atoms with van der Waals surface area (Å²) >= 11 is 0. The van der Waals surface area contributed by atoms with Gasteiger partial charge in [-0.25, -0.2) is 12.6 Å². The summed E-state index contributed by atoms with van der Waals surface area (Å²) < 4.78 is 136. The summed E-state index contributed by atoms with van der Waals surface area (Å²) in [5, 5.41) is 17.6. The van der Waals surface area contributed by atoms with Gasteiger partial charge in [0.05, 0.1) is 31.5 Å². The van der Waals surface area contributed by atoms with Crippen molar-refractivity contribution < 1.29 is 66.1 Å². The summed E-state index contributed by atoms with van der Waals surface area (Å²) in [5.74, 6) is -2.54. The molecule has 0 radical (unpaired) electrons. The molecular formula is C20H21N3O15S4. The number of nitrogens with zero attached hydrogens (tertiary/aromatic N) is 2. The summed E-state index contributed by atoms with van der Waals surface area (Å²) in [6, 6.07) is 4.17. The van der Waals surface area contributed by atoms with Gasteiger partial charge in [0, 0.05) is 23.2 Å². The van der Waals surface area contributed by atoms with E-state index in [0.717, 1.165) is 38.5 Å². The highest BCUT2D eigenvalue weighted by molar-refractivity contribution is 7.91. The van der Waals surface area contributed by atoms with Crippen LogP contribution in [-0.2, 0) is 44.7 Å². The minimum Gasteiger partial charge on any atom is -0.505 e. The summed E-state index contributed by atoms with van der Waals surface area (Å²) in [6.45, 7) is -0.942. The number of phenols is 1. The maximum Gasteiger partial charge on any atom is 0.397 e. The Hall–Kier alpha value is -3.64. The quantitative estimate of drug-likeness (QED) is 0.110. The standard InChI is InChI=1S/C20H21N3O15S4/c1-36-14-9-16(39(25,26)4-3-38-42(33,34)35)15(37-2)8-13(14)22-23-19-17(41(30,31)32)6-10-5-11(40(27,28)29)7-12(21)18(10)20(19)24/h5-9,24H,3-4,21H2,1-2H3,(H,27,28,29)(H,30,31,32)(H,33,34,35). The fourth-order valence-corrected chi connectivity index (χ4v) is 6.44. The number of benzene rings is 3. The molecule has 0 aromatic heterocycles. The van der Waals surface area contributed by atoms with Gasteiger partial charge in [-0.15, -0.1) is 10.2 Å². The molecule has 6 N–H and O–H groups in total. The van der Waals surface area contributed by atoms with Crippen LogP contribution in [0.4, 0.5) is 17.1 Å². The molecule has 0 saturated carbocycles. The maximum absolute atomic E-state index is 12.8. The van der Waals surface area contributed by atoms with Crippen LogP contribution >= 0.6 is 0 Å². The number of ether oxygens (including phenoxy) is 2. The summed E-state index contributed by atoms with van der Waals surface area (Å²) in [4.78, 5) is -2.31. The molecular weight excluding hydrogens is 650 g/mol. The lowest BCUT2D eigenvalue weighted by Crippen LogP contribution is -2.16. The van der Waals surface area contributed by atoms with E-state index < -0.39 is 84.6 Å². The third-order valence-corrected chi connectivity index (χ3v) is 9.23. The lowest BCUT2D eigenvalue weighted by atomic mass is 10.1. The molecule has 42 heavy (non-hydrogen) atoms. The van der Waals surface area contributed by atoms with E-state index in [1.807, 2.05) is 0 Å². The van der Waals surface area contributed by atoms with Crippen LogP contribution in [0.25, 0.3) is 10.8 Å². The Bertz CT molecular complexity index is 2040. The Morgan fingerprint density at radius 3 is 1.93 bits per heavy atom. The summed E-state index contributed by atoms with van der Waals surface area (Å²) in [6.07, 6.45) is 0. The molecule has 18 nitrogen and oxygen atoms in total. The second-order valence-electron chi connectivity index (χ2n) is 8.08. The molecule has 0 fully saturated rings. The molecule has 0 unspecified atom stereocenters. The highest BCUT2D eigenvalue weighted by Gasteiger charge is 2.26. The van der Waals surface area contributed by atoms with Crippen molar-refractivity contribution in [3.05, 3.63) is 30.3 Å². The predicted molar refractivity (Wildman–Crippen MR) is 143 cm³/mol. The average Bonchev–Trinajstić information content (AvgIpc) is 2.84. The monoisotopic (exact) mass is 671 g/mol. The molecule has 0 aliphatic carbocycles. The van der Waals surface area contributed by atoms with Gasteiger partial charge >= 0.3 is 10.4 Å². The van der Waals surface area contributed by atoms with Gasteiger partial charge in [0.1, 0.15) is 32.7 Å². The van der Waals surface area contributed by atoms with E-state index in [4.69, 9.17) is 19.8 Å². The van der Waals surface area contributed by atoms with Gasteiger partial charge in [0.15, 0.2) is 15.6 Å². The SMILES string of the molecule is COc1cc(S(=O)(=O)CCOS(=O)(=O)O)c(OC)cc1N=Nc1c(S(=O)(=O)O)cc2cc(S(=O)(=O)O)cc(N)c2c1O. The van der Waals surface area contributed by atoms with E-state index in [0.29, 0.717) is 6.07 Å². The van der Waals surface area contributed by atoms with Crippen LogP contribution in [0, 0.1) is 0 Å². The van der Waals surface area contributed by atoms with E-state index in [-0.39, 0.29) is 28.0 Å². The number of hydrogen-bond donors (Lipinski definition) is 5. The van der Waals surface area contributed by atoms with E-state index in [1.54, 1.807) is 0 Å². The maximum atomic E-state index is 12.8. The van der Waals surface area contributed by atoms with Crippen molar-refractivity contribution in [3.63, 3.8) is 0 Å². The zero-order chi connectivity index (χ0) is 31.8. The summed E-state index contributed by atoms with van der Waals surface area (Å²) in [7, 11) is -17.0. The number of sulfone groups is 1. The normalized spacial score (nSPS) is 13.1. The lowest BCUT2D eigenvalue weighted by molar-refractivity contribution is 0.283. The van der Waals surface area contributed by atoms with Gasteiger partial charge < -0.3 is 20.3 Å². The number of nitrogen functional groups attached to an aromatic ring is 1. The van der Waals surface area contributed by atoms with Crippen molar-refractivity contribution in [2.75, 3.05) is 32.3 Å². The fraction of sp³-hybridized carbons (Fsp3) is 0.200. The molecule has 3 rings (SSSR count). The molecule has 0 spiro atoms. The first-order chi connectivity index (χ1) is 19.2. The first-order valence-corrected chi connectivity index (χ1v) is 16.7. The Balaban J connectivity index is 2.21. The number of anilines is 1. The van der Waals surface area contributed by atoms with E-state index in [1.165, 1.54) is 0 Å². The molecule has 22 heteroatoms. The first kappa shape index (κ1) is 32.9. The predicted octanol–water partition coefficient (Wildman–Crippen LogP) is 1.65. The second-order valence-corrected chi connectivity index (χ2v) is 14.1. The van der Waals surface area contributed by atoms with Crippen LogP contribution in [0.15, 0.2) is 55.2 Å². The molecule has 0 saturated heterocycles. The third-order valence-electron chi connectivity index (χ3n) is 5.37. The molecule has 3 aromatic carbocycles. The Kier molecular flexibility index (Phi) is 9.05. The molecule has 0 amide bonds.